The third-order valence-corrected chi connectivity index (χ3v) is 4.54. The molecular weight excluding hydrogens is 316 g/mol. The van der Waals surface area contributed by atoms with E-state index in [4.69, 9.17) is 0 Å². The largest absolute Gasteiger partial charge is 0.345 e. The van der Waals surface area contributed by atoms with Gasteiger partial charge in [0, 0.05) is 37.3 Å². The first-order valence-corrected chi connectivity index (χ1v) is 8.29. The Morgan fingerprint density at radius 2 is 1.48 bits per heavy atom. The second kappa shape index (κ2) is 6.39. The first kappa shape index (κ1) is 15.4. The van der Waals surface area contributed by atoms with Crippen LogP contribution in [-0.2, 0) is 0 Å². The minimum Gasteiger partial charge on any atom is -0.345 e. The zero-order chi connectivity index (χ0) is 17.2. The van der Waals surface area contributed by atoms with E-state index in [-0.39, 0.29) is 11.8 Å². The summed E-state index contributed by atoms with van der Waals surface area (Å²) in [6.07, 6.45) is 1.62. The molecule has 3 aromatic rings. The third-order valence-electron chi connectivity index (χ3n) is 4.54. The Bertz CT molecular complexity index is 911. The summed E-state index contributed by atoms with van der Waals surface area (Å²) in [5.74, 6) is 0.00218. The highest BCUT2D eigenvalue weighted by Crippen LogP contribution is 2.15. The topological polar surface area (TPSA) is 69.3 Å². The van der Waals surface area contributed by atoms with E-state index in [0.717, 1.165) is 11.0 Å². The summed E-state index contributed by atoms with van der Waals surface area (Å²) in [5.41, 5.74) is 3.01. The summed E-state index contributed by atoms with van der Waals surface area (Å²) in [6.45, 7) is 2.17. The molecule has 2 amide bonds. The van der Waals surface area contributed by atoms with Crippen LogP contribution in [0, 0.1) is 0 Å². The maximum Gasteiger partial charge on any atom is 0.254 e. The molecule has 0 atom stereocenters. The van der Waals surface area contributed by atoms with E-state index in [1.54, 1.807) is 22.2 Å². The lowest BCUT2D eigenvalue weighted by atomic mass is 10.1. The Kier molecular flexibility index (Phi) is 3.93. The SMILES string of the molecule is O=C(c1ccccc1)N1CCN(C(=O)c2ccc3[nH]cnc3c2)CC1. The molecule has 2 heterocycles. The Morgan fingerprint density at radius 1 is 0.840 bits per heavy atom. The third kappa shape index (κ3) is 2.98. The van der Waals surface area contributed by atoms with Crippen molar-refractivity contribution in [3.05, 3.63) is 66.0 Å². The van der Waals surface area contributed by atoms with Gasteiger partial charge >= 0.3 is 0 Å². The van der Waals surface area contributed by atoms with Crippen LogP contribution in [0.25, 0.3) is 11.0 Å². The molecule has 0 bridgehead atoms. The van der Waals surface area contributed by atoms with Crippen LogP contribution in [-0.4, -0.2) is 57.8 Å². The Morgan fingerprint density at radius 3 is 2.16 bits per heavy atom. The summed E-state index contributed by atoms with van der Waals surface area (Å²) < 4.78 is 0. The number of piperazine rings is 1. The van der Waals surface area contributed by atoms with Gasteiger partial charge in [-0.05, 0) is 30.3 Å². The van der Waals surface area contributed by atoms with E-state index in [0.29, 0.717) is 37.3 Å². The van der Waals surface area contributed by atoms with Gasteiger partial charge in [0.1, 0.15) is 0 Å². The van der Waals surface area contributed by atoms with Crippen LogP contribution < -0.4 is 0 Å². The standard InChI is InChI=1S/C19H18N4O2/c24-18(14-4-2-1-3-5-14)22-8-10-23(11-9-22)19(25)15-6-7-16-17(12-15)21-13-20-16/h1-7,12-13H,8-11H2,(H,20,21). The van der Waals surface area contributed by atoms with Crippen molar-refractivity contribution in [2.45, 2.75) is 0 Å². The van der Waals surface area contributed by atoms with Crippen molar-refractivity contribution in [3.8, 4) is 0 Å². The Labute approximate surface area is 145 Å². The fourth-order valence-corrected chi connectivity index (χ4v) is 3.12. The molecule has 4 rings (SSSR count). The molecule has 0 radical (unpaired) electrons. The van der Waals surface area contributed by atoms with Gasteiger partial charge < -0.3 is 14.8 Å². The lowest BCUT2D eigenvalue weighted by Gasteiger charge is -2.34. The van der Waals surface area contributed by atoms with E-state index in [9.17, 15) is 9.59 Å². The smallest absolute Gasteiger partial charge is 0.254 e. The van der Waals surface area contributed by atoms with Crippen molar-refractivity contribution in [2.24, 2.45) is 0 Å². The number of nitrogens with one attached hydrogen (secondary N) is 1. The Balaban J connectivity index is 1.42. The number of benzene rings is 2. The molecule has 1 aliphatic heterocycles. The molecule has 1 N–H and O–H groups in total. The molecule has 25 heavy (non-hydrogen) atoms. The van der Waals surface area contributed by atoms with Crippen LogP contribution in [0.3, 0.4) is 0 Å². The fraction of sp³-hybridized carbons (Fsp3) is 0.211. The first-order chi connectivity index (χ1) is 12.2. The first-order valence-electron chi connectivity index (χ1n) is 8.29. The number of carbonyl (C=O) groups excluding carboxylic acids is 2. The van der Waals surface area contributed by atoms with Crippen LogP contribution in [0.5, 0.6) is 0 Å². The van der Waals surface area contributed by atoms with E-state index in [1.165, 1.54) is 0 Å². The number of fused-ring (bicyclic) bond motifs is 1. The number of hydrogen-bond donors (Lipinski definition) is 1. The number of aromatic nitrogens is 2. The van der Waals surface area contributed by atoms with Gasteiger partial charge in [-0.1, -0.05) is 18.2 Å². The molecule has 0 spiro atoms. The second-order valence-corrected chi connectivity index (χ2v) is 6.08. The average Bonchev–Trinajstić information content (AvgIpc) is 3.15. The number of rotatable bonds is 2. The van der Waals surface area contributed by atoms with Crippen molar-refractivity contribution < 1.29 is 9.59 Å². The monoisotopic (exact) mass is 334 g/mol. The summed E-state index contributed by atoms with van der Waals surface area (Å²) >= 11 is 0. The van der Waals surface area contributed by atoms with E-state index in [1.807, 2.05) is 42.5 Å². The Hall–Kier alpha value is -3.15. The highest BCUT2D eigenvalue weighted by molar-refractivity contribution is 5.98. The van der Waals surface area contributed by atoms with Crippen LogP contribution >= 0.6 is 0 Å². The van der Waals surface area contributed by atoms with Crippen molar-refractivity contribution >= 4 is 22.8 Å². The summed E-state index contributed by atoms with van der Waals surface area (Å²) in [6, 6.07) is 14.7. The van der Waals surface area contributed by atoms with E-state index >= 15 is 0 Å². The highest BCUT2D eigenvalue weighted by atomic mass is 16.2. The zero-order valence-corrected chi connectivity index (χ0v) is 13.7. The minimum atomic E-state index is -0.0169. The molecule has 2 aromatic carbocycles. The van der Waals surface area contributed by atoms with Gasteiger partial charge in [0.2, 0.25) is 0 Å². The van der Waals surface area contributed by atoms with Crippen LogP contribution in [0.4, 0.5) is 0 Å². The lowest BCUT2D eigenvalue weighted by molar-refractivity contribution is 0.0535. The molecule has 6 heteroatoms. The van der Waals surface area contributed by atoms with Crippen LogP contribution in [0.15, 0.2) is 54.9 Å². The summed E-state index contributed by atoms with van der Waals surface area (Å²) in [7, 11) is 0. The highest BCUT2D eigenvalue weighted by Gasteiger charge is 2.25. The van der Waals surface area contributed by atoms with Gasteiger partial charge in [-0.3, -0.25) is 9.59 Å². The quantitative estimate of drug-likeness (QED) is 0.781. The van der Waals surface area contributed by atoms with Crippen molar-refractivity contribution in [1.29, 1.82) is 0 Å². The molecule has 1 aliphatic rings. The van der Waals surface area contributed by atoms with E-state index in [2.05, 4.69) is 9.97 Å². The molecule has 0 unspecified atom stereocenters. The van der Waals surface area contributed by atoms with Gasteiger partial charge in [-0.2, -0.15) is 0 Å². The molecule has 1 fully saturated rings. The van der Waals surface area contributed by atoms with Gasteiger partial charge in [0.05, 0.1) is 17.4 Å². The maximum atomic E-state index is 12.7. The lowest BCUT2D eigenvalue weighted by Crippen LogP contribution is -2.50. The fourth-order valence-electron chi connectivity index (χ4n) is 3.12. The molecule has 0 saturated carbocycles. The number of hydrogen-bond acceptors (Lipinski definition) is 3. The van der Waals surface area contributed by atoms with Crippen molar-refractivity contribution in [2.75, 3.05) is 26.2 Å². The molecule has 0 aliphatic carbocycles. The van der Waals surface area contributed by atoms with Gasteiger partial charge in [0.25, 0.3) is 11.8 Å². The van der Waals surface area contributed by atoms with Crippen molar-refractivity contribution in [3.63, 3.8) is 0 Å². The van der Waals surface area contributed by atoms with Gasteiger partial charge in [-0.15, -0.1) is 0 Å². The van der Waals surface area contributed by atoms with E-state index < -0.39 is 0 Å². The predicted molar refractivity (Wildman–Crippen MR) is 94.3 cm³/mol. The number of carbonyl (C=O) groups is 2. The summed E-state index contributed by atoms with van der Waals surface area (Å²) in [5, 5.41) is 0. The minimum absolute atomic E-state index is 0.0169. The molecule has 1 saturated heterocycles. The number of nitrogens with zero attached hydrogens (tertiary/aromatic N) is 3. The number of imidazole rings is 1. The predicted octanol–water partition coefficient (Wildman–Crippen LogP) is 2.16. The zero-order valence-electron chi connectivity index (χ0n) is 13.7. The maximum absolute atomic E-state index is 12.7. The summed E-state index contributed by atoms with van der Waals surface area (Å²) in [4.78, 5) is 36.0. The molecule has 6 nitrogen and oxygen atoms in total. The number of aromatic amines is 1. The molecular formula is C19H18N4O2. The van der Waals surface area contributed by atoms with Crippen molar-refractivity contribution in [1.82, 2.24) is 19.8 Å². The number of H-pyrrole nitrogens is 1. The van der Waals surface area contributed by atoms with Crippen LogP contribution in [0.1, 0.15) is 20.7 Å². The van der Waals surface area contributed by atoms with Gasteiger partial charge in [0.15, 0.2) is 0 Å². The second-order valence-electron chi connectivity index (χ2n) is 6.08. The number of amides is 2. The average molecular weight is 334 g/mol. The molecule has 1 aromatic heterocycles. The van der Waals surface area contributed by atoms with Gasteiger partial charge in [-0.25, -0.2) is 4.98 Å². The normalized spacial score (nSPS) is 14.7. The molecule has 126 valence electrons. The van der Waals surface area contributed by atoms with Crippen LogP contribution in [0.2, 0.25) is 0 Å².